The normalized spacial score (nSPS) is 20.8. The first kappa shape index (κ1) is 14.0. The van der Waals surface area contributed by atoms with Gasteiger partial charge in [0.05, 0.1) is 12.2 Å². The molecule has 1 fully saturated rings. The van der Waals surface area contributed by atoms with Gasteiger partial charge in [-0.15, -0.1) is 11.3 Å². The van der Waals surface area contributed by atoms with Crippen LogP contribution >= 0.6 is 11.3 Å². The lowest BCUT2D eigenvalue weighted by molar-refractivity contribution is -0.0713. The van der Waals surface area contributed by atoms with Gasteiger partial charge in [-0.3, -0.25) is 0 Å². The maximum Gasteiger partial charge on any atom is 0.0865 e. The summed E-state index contributed by atoms with van der Waals surface area (Å²) >= 11 is 1.72. The van der Waals surface area contributed by atoms with Gasteiger partial charge >= 0.3 is 0 Å². The van der Waals surface area contributed by atoms with Crippen molar-refractivity contribution in [1.82, 2.24) is 0 Å². The molecule has 1 N–H and O–H groups in total. The van der Waals surface area contributed by atoms with E-state index in [0.717, 1.165) is 6.42 Å². The number of ether oxygens (including phenoxy) is 1. The second kappa shape index (κ2) is 7.27. The monoisotopic (exact) mass is 268 g/mol. The number of thiophene rings is 1. The Kier molecular flexibility index (Phi) is 5.67. The third-order valence-corrected chi connectivity index (χ3v) is 4.74. The number of aliphatic hydroxyl groups is 1. The molecule has 0 saturated heterocycles. The Hall–Kier alpha value is -0.380. The minimum atomic E-state index is -0.355. The van der Waals surface area contributed by atoms with Gasteiger partial charge < -0.3 is 9.84 Å². The predicted octanol–water partition coefficient (Wildman–Crippen LogP) is 3.64. The van der Waals surface area contributed by atoms with Crippen molar-refractivity contribution in [3.8, 4) is 0 Å². The van der Waals surface area contributed by atoms with Crippen molar-refractivity contribution < 1.29 is 9.84 Å². The summed E-state index contributed by atoms with van der Waals surface area (Å²) in [5.74, 6) is 0.550. The van der Waals surface area contributed by atoms with Crippen LogP contribution < -0.4 is 0 Å². The summed E-state index contributed by atoms with van der Waals surface area (Å²) in [7, 11) is 0. The Balaban J connectivity index is 1.94. The van der Waals surface area contributed by atoms with Gasteiger partial charge in [-0.1, -0.05) is 25.3 Å². The van der Waals surface area contributed by atoms with Gasteiger partial charge in [-0.05, 0) is 37.1 Å². The Morgan fingerprint density at radius 2 is 2.17 bits per heavy atom. The molecule has 3 heteroatoms. The van der Waals surface area contributed by atoms with Crippen LogP contribution in [0.15, 0.2) is 17.5 Å². The van der Waals surface area contributed by atoms with Gasteiger partial charge in [0.2, 0.25) is 0 Å². The van der Waals surface area contributed by atoms with E-state index in [4.69, 9.17) is 4.74 Å². The third-order valence-electron chi connectivity index (χ3n) is 3.84. The molecule has 1 aliphatic carbocycles. The lowest BCUT2D eigenvalue weighted by Crippen LogP contribution is -2.38. The molecule has 102 valence electrons. The minimum absolute atomic E-state index is 0.0254. The summed E-state index contributed by atoms with van der Waals surface area (Å²) in [5, 5.41) is 12.5. The van der Waals surface area contributed by atoms with E-state index in [-0.39, 0.29) is 12.2 Å². The minimum Gasteiger partial charge on any atom is -0.390 e. The summed E-state index contributed by atoms with van der Waals surface area (Å²) in [6.07, 6.45) is 6.76. The Bertz CT molecular complexity index is 317. The van der Waals surface area contributed by atoms with Crippen LogP contribution in [0.3, 0.4) is 0 Å². The molecule has 2 unspecified atom stereocenters. The fourth-order valence-electron chi connectivity index (χ4n) is 2.97. The van der Waals surface area contributed by atoms with Crippen LogP contribution in [-0.2, 0) is 11.2 Å². The first-order valence-electron chi connectivity index (χ1n) is 7.13. The molecule has 0 spiro atoms. The van der Waals surface area contributed by atoms with E-state index in [2.05, 4.69) is 11.4 Å². The summed E-state index contributed by atoms with van der Waals surface area (Å²) < 4.78 is 5.85. The molecule has 18 heavy (non-hydrogen) atoms. The number of hydrogen-bond donors (Lipinski definition) is 1. The molecule has 1 heterocycles. The highest BCUT2D eigenvalue weighted by Gasteiger charge is 2.30. The average Bonchev–Trinajstić information content (AvgIpc) is 2.89. The molecule has 2 rings (SSSR count). The molecule has 1 aliphatic rings. The van der Waals surface area contributed by atoms with Crippen molar-refractivity contribution in [2.75, 3.05) is 6.61 Å². The van der Waals surface area contributed by atoms with Crippen molar-refractivity contribution in [3.63, 3.8) is 0 Å². The van der Waals surface area contributed by atoms with Crippen molar-refractivity contribution in [2.45, 2.75) is 57.7 Å². The molecular weight excluding hydrogens is 244 g/mol. The summed E-state index contributed by atoms with van der Waals surface area (Å²) in [4.78, 5) is 1.25. The van der Waals surface area contributed by atoms with Crippen molar-refractivity contribution in [3.05, 3.63) is 22.4 Å². The smallest absolute Gasteiger partial charge is 0.0865 e. The second-order valence-electron chi connectivity index (χ2n) is 5.17. The largest absolute Gasteiger partial charge is 0.390 e. The van der Waals surface area contributed by atoms with E-state index < -0.39 is 0 Å². The fourth-order valence-corrected chi connectivity index (χ4v) is 3.72. The zero-order valence-corrected chi connectivity index (χ0v) is 12.0. The Labute approximate surface area is 114 Å². The standard InChI is InChI=1S/C15H24O2S/c1-2-17-15(12-7-4-3-5-8-12)14(16)11-13-9-6-10-18-13/h6,9-10,12,14-16H,2-5,7-8,11H2,1H3. The molecule has 0 amide bonds. The molecule has 0 aliphatic heterocycles. The number of rotatable bonds is 6. The van der Waals surface area contributed by atoms with Crippen LogP contribution in [0.25, 0.3) is 0 Å². The molecule has 1 aromatic rings. The van der Waals surface area contributed by atoms with Crippen LogP contribution in [-0.4, -0.2) is 23.9 Å². The van der Waals surface area contributed by atoms with Crippen LogP contribution in [0, 0.1) is 5.92 Å². The van der Waals surface area contributed by atoms with Gasteiger partial charge in [0, 0.05) is 17.9 Å². The molecule has 2 atom stereocenters. The highest BCUT2D eigenvalue weighted by molar-refractivity contribution is 7.09. The summed E-state index contributed by atoms with van der Waals surface area (Å²) in [6, 6.07) is 4.14. The van der Waals surface area contributed by atoms with Crippen LogP contribution in [0.1, 0.15) is 43.9 Å². The average molecular weight is 268 g/mol. The first-order valence-corrected chi connectivity index (χ1v) is 8.01. The van der Waals surface area contributed by atoms with E-state index in [1.165, 1.54) is 37.0 Å². The van der Waals surface area contributed by atoms with E-state index in [1.807, 2.05) is 13.0 Å². The van der Waals surface area contributed by atoms with E-state index >= 15 is 0 Å². The molecule has 1 aromatic heterocycles. The molecule has 2 nitrogen and oxygen atoms in total. The van der Waals surface area contributed by atoms with Gasteiger partial charge in [-0.2, -0.15) is 0 Å². The van der Waals surface area contributed by atoms with Gasteiger partial charge in [-0.25, -0.2) is 0 Å². The highest BCUT2D eigenvalue weighted by Crippen LogP contribution is 2.30. The van der Waals surface area contributed by atoms with Crippen LogP contribution in [0.5, 0.6) is 0 Å². The molecule has 0 bridgehead atoms. The molecular formula is C15H24O2S. The SMILES string of the molecule is CCOC(C(O)Cc1cccs1)C1CCCCC1. The van der Waals surface area contributed by atoms with Crippen LogP contribution in [0.4, 0.5) is 0 Å². The number of hydrogen-bond acceptors (Lipinski definition) is 3. The second-order valence-corrected chi connectivity index (χ2v) is 6.20. The maximum absolute atomic E-state index is 10.4. The van der Waals surface area contributed by atoms with Gasteiger partial charge in [0.25, 0.3) is 0 Å². The molecule has 0 aromatic carbocycles. The van der Waals surface area contributed by atoms with E-state index in [0.29, 0.717) is 12.5 Å². The first-order chi connectivity index (χ1) is 8.81. The number of aliphatic hydroxyl groups excluding tert-OH is 1. The zero-order valence-electron chi connectivity index (χ0n) is 11.2. The zero-order chi connectivity index (χ0) is 12.8. The van der Waals surface area contributed by atoms with E-state index in [9.17, 15) is 5.11 Å². The quantitative estimate of drug-likeness (QED) is 0.853. The van der Waals surface area contributed by atoms with Gasteiger partial charge in [0.15, 0.2) is 0 Å². The molecule has 0 radical (unpaired) electrons. The lowest BCUT2D eigenvalue weighted by Gasteiger charge is -2.33. The fraction of sp³-hybridized carbons (Fsp3) is 0.733. The van der Waals surface area contributed by atoms with Crippen LogP contribution in [0.2, 0.25) is 0 Å². The lowest BCUT2D eigenvalue weighted by atomic mass is 9.82. The van der Waals surface area contributed by atoms with Crippen molar-refractivity contribution in [2.24, 2.45) is 5.92 Å². The molecule has 1 saturated carbocycles. The Morgan fingerprint density at radius 3 is 2.78 bits per heavy atom. The van der Waals surface area contributed by atoms with E-state index in [1.54, 1.807) is 11.3 Å². The predicted molar refractivity (Wildman–Crippen MR) is 76.0 cm³/mol. The van der Waals surface area contributed by atoms with Gasteiger partial charge in [0.1, 0.15) is 0 Å². The Morgan fingerprint density at radius 1 is 1.39 bits per heavy atom. The van der Waals surface area contributed by atoms with Crippen molar-refractivity contribution >= 4 is 11.3 Å². The maximum atomic E-state index is 10.4. The summed E-state index contributed by atoms with van der Waals surface area (Å²) in [5.41, 5.74) is 0. The topological polar surface area (TPSA) is 29.5 Å². The van der Waals surface area contributed by atoms with Crippen molar-refractivity contribution in [1.29, 1.82) is 0 Å². The summed E-state index contributed by atoms with van der Waals surface area (Å²) in [6.45, 7) is 2.72. The third kappa shape index (κ3) is 3.81. The highest BCUT2D eigenvalue weighted by atomic mass is 32.1.